The molecule has 1 amide bonds. The molecule has 2 aromatic rings. The lowest BCUT2D eigenvalue weighted by molar-refractivity contribution is -0.122. The number of halogens is 2. The van der Waals surface area contributed by atoms with Gasteiger partial charge >= 0.3 is 0 Å². The van der Waals surface area contributed by atoms with Gasteiger partial charge in [0.2, 0.25) is 0 Å². The molecule has 0 aliphatic rings. The molecule has 21 heavy (non-hydrogen) atoms. The molecule has 0 aliphatic heterocycles. The second kappa shape index (κ2) is 6.96. The number of carbonyl (C=O) groups is 1. The van der Waals surface area contributed by atoms with Crippen LogP contribution in [-0.2, 0) is 4.79 Å². The van der Waals surface area contributed by atoms with Gasteiger partial charge in [0.05, 0.1) is 0 Å². The zero-order valence-corrected chi connectivity index (χ0v) is 14.0. The van der Waals surface area contributed by atoms with Crippen LogP contribution in [0.4, 0.5) is 5.69 Å². The van der Waals surface area contributed by atoms with Crippen molar-refractivity contribution in [1.29, 1.82) is 0 Å². The van der Waals surface area contributed by atoms with Crippen molar-refractivity contribution in [2.24, 2.45) is 0 Å². The topological polar surface area (TPSA) is 38.3 Å². The van der Waals surface area contributed by atoms with Crippen molar-refractivity contribution in [2.45, 2.75) is 20.0 Å². The SMILES string of the molecule is Cc1cc(Cl)ccc1O[C@H](C)C(=O)Nc1cccc(Br)c1. The zero-order chi connectivity index (χ0) is 15.4. The van der Waals surface area contributed by atoms with E-state index in [-0.39, 0.29) is 5.91 Å². The maximum Gasteiger partial charge on any atom is 0.265 e. The molecule has 1 atom stereocenters. The van der Waals surface area contributed by atoms with E-state index in [0.29, 0.717) is 10.8 Å². The molecule has 0 saturated heterocycles. The van der Waals surface area contributed by atoms with E-state index < -0.39 is 6.10 Å². The van der Waals surface area contributed by atoms with Crippen LogP contribution in [-0.4, -0.2) is 12.0 Å². The number of rotatable bonds is 4. The fourth-order valence-electron chi connectivity index (χ4n) is 1.80. The first-order valence-electron chi connectivity index (χ1n) is 6.45. The molecule has 1 N–H and O–H groups in total. The second-order valence-corrected chi connectivity index (χ2v) is 6.02. The summed E-state index contributed by atoms with van der Waals surface area (Å²) in [7, 11) is 0. The summed E-state index contributed by atoms with van der Waals surface area (Å²) in [5, 5.41) is 3.46. The van der Waals surface area contributed by atoms with Crippen LogP contribution in [0.2, 0.25) is 5.02 Å². The monoisotopic (exact) mass is 367 g/mol. The third kappa shape index (κ3) is 4.48. The largest absolute Gasteiger partial charge is 0.481 e. The number of aryl methyl sites for hydroxylation is 1. The van der Waals surface area contributed by atoms with Crippen molar-refractivity contribution >= 4 is 39.1 Å². The van der Waals surface area contributed by atoms with E-state index in [0.717, 1.165) is 15.7 Å². The highest BCUT2D eigenvalue weighted by molar-refractivity contribution is 9.10. The molecule has 0 radical (unpaired) electrons. The number of nitrogens with one attached hydrogen (secondary N) is 1. The lowest BCUT2D eigenvalue weighted by Crippen LogP contribution is -2.30. The highest BCUT2D eigenvalue weighted by Crippen LogP contribution is 2.23. The number of hydrogen-bond acceptors (Lipinski definition) is 2. The lowest BCUT2D eigenvalue weighted by atomic mass is 10.2. The van der Waals surface area contributed by atoms with Gasteiger partial charge < -0.3 is 10.1 Å². The maximum absolute atomic E-state index is 12.1. The Morgan fingerprint density at radius 2 is 2.05 bits per heavy atom. The van der Waals surface area contributed by atoms with Gasteiger partial charge in [0.1, 0.15) is 5.75 Å². The first-order valence-corrected chi connectivity index (χ1v) is 7.62. The predicted molar refractivity (Wildman–Crippen MR) is 89.1 cm³/mol. The molecule has 2 rings (SSSR count). The van der Waals surface area contributed by atoms with Crippen LogP contribution in [0.1, 0.15) is 12.5 Å². The summed E-state index contributed by atoms with van der Waals surface area (Å²) in [4.78, 5) is 12.1. The van der Waals surface area contributed by atoms with Crippen molar-refractivity contribution in [2.75, 3.05) is 5.32 Å². The molecule has 2 aromatic carbocycles. The van der Waals surface area contributed by atoms with Crippen LogP contribution < -0.4 is 10.1 Å². The summed E-state index contributed by atoms with van der Waals surface area (Å²) in [5.41, 5.74) is 1.61. The molecule has 3 nitrogen and oxygen atoms in total. The summed E-state index contributed by atoms with van der Waals surface area (Å²) in [6, 6.07) is 12.7. The Bertz CT molecular complexity index is 660. The van der Waals surface area contributed by atoms with Gasteiger partial charge in [-0.1, -0.05) is 33.6 Å². The summed E-state index contributed by atoms with van der Waals surface area (Å²) >= 11 is 9.26. The Hall–Kier alpha value is -1.52. The van der Waals surface area contributed by atoms with E-state index in [2.05, 4.69) is 21.2 Å². The van der Waals surface area contributed by atoms with Crippen LogP contribution in [0, 0.1) is 6.92 Å². The van der Waals surface area contributed by atoms with Gasteiger partial charge in [0, 0.05) is 15.2 Å². The highest BCUT2D eigenvalue weighted by Gasteiger charge is 2.16. The minimum atomic E-state index is -0.608. The summed E-state index contributed by atoms with van der Waals surface area (Å²) in [6.07, 6.45) is -0.608. The van der Waals surface area contributed by atoms with Crippen LogP contribution in [0.5, 0.6) is 5.75 Å². The number of anilines is 1. The van der Waals surface area contributed by atoms with Crippen LogP contribution >= 0.6 is 27.5 Å². The molecule has 0 aliphatic carbocycles. The number of amides is 1. The Balaban J connectivity index is 2.02. The van der Waals surface area contributed by atoms with Crippen molar-refractivity contribution in [3.05, 3.63) is 57.5 Å². The normalized spacial score (nSPS) is 11.8. The van der Waals surface area contributed by atoms with E-state index in [1.54, 1.807) is 25.1 Å². The number of carbonyl (C=O) groups excluding carboxylic acids is 1. The third-order valence-corrected chi connectivity index (χ3v) is 3.63. The van der Waals surface area contributed by atoms with Gasteiger partial charge in [0.25, 0.3) is 5.91 Å². The first kappa shape index (κ1) is 15.9. The molecule has 0 unspecified atom stereocenters. The molecule has 110 valence electrons. The molecule has 0 aromatic heterocycles. The maximum atomic E-state index is 12.1. The summed E-state index contributed by atoms with van der Waals surface area (Å²) < 4.78 is 6.59. The fraction of sp³-hybridized carbons (Fsp3) is 0.188. The van der Waals surface area contributed by atoms with Crippen molar-refractivity contribution in [3.8, 4) is 5.75 Å². The van der Waals surface area contributed by atoms with E-state index in [4.69, 9.17) is 16.3 Å². The van der Waals surface area contributed by atoms with Crippen LogP contribution in [0.15, 0.2) is 46.9 Å². The molecule has 0 saturated carbocycles. The molecular weight excluding hydrogens is 354 g/mol. The van der Waals surface area contributed by atoms with Gasteiger partial charge in [-0.2, -0.15) is 0 Å². The summed E-state index contributed by atoms with van der Waals surface area (Å²) in [5.74, 6) is 0.443. The van der Waals surface area contributed by atoms with E-state index in [1.165, 1.54) is 0 Å². The first-order chi connectivity index (χ1) is 9.95. The van der Waals surface area contributed by atoms with Crippen LogP contribution in [0.25, 0.3) is 0 Å². The number of benzene rings is 2. The van der Waals surface area contributed by atoms with E-state index in [9.17, 15) is 4.79 Å². The molecular formula is C16H15BrClNO2. The van der Waals surface area contributed by atoms with Gasteiger partial charge in [-0.05, 0) is 55.8 Å². The minimum Gasteiger partial charge on any atom is -0.481 e. The van der Waals surface area contributed by atoms with Crippen molar-refractivity contribution in [3.63, 3.8) is 0 Å². The number of hydrogen-bond donors (Lipinski definition) is 1. The second-order valence-electron chi connectivity index (χ2n) is 4.67. The van der Waals surface area contributed by atoms with E-state index in [1.807, 2.05) is 31.2 Å². The van der Waals surface area contributed by atoms with Gasteiger partial charge in [-0.15, -0.1) is 0 Å². The van der Waals surface area contributed by atoms with Crippen molar-refractivity contribution in [1.82, 2.24) is 0 Å². The standard InChI is InChI=1S/C16H15BrClNO2/c1-10-8-13(18)6-7-15(10)21-11(2)16(20)19-14-5-3-4-12(17)9-14/h3-9,11H,1-2H3,(H,19,20)/t11-/m1/s1. The highest BCUT2D eigenvalue weighted by atomic mass is 79.9. The smallest absolute Gasteiger partial charge is 0.265 e. The number of ether oxygens (including phenoxy) is 1. The Labute approximate surface area is 137 Å². The van der Waals surface area contributed by atoms with E-state index >= 15 is 0 Å². The molecule has 0 heterocycles. The fourth-order valence-corrected chi connectivity index (χ4v) is 2.43. The molecule has 0 bridgehead atoms. The van der Waals surface area contributed by atoms with Crippen LogP contribution in [0.3, 0.4) is 0 Å². The molecule has 0 spiro atoms. The van der Waals surface area contributed by atoms with Gasteiger partial charge in [-0.25, -0.2) is 0 Å². The third-order valence-electron chi connectivity index (χ3n) is 2.90. The summed E-state index contributed by atoms with van der Waals surface area (Å²) in [6.45, 7) is 3.60. The van der Waals surface area contributed by atoms with Crippen molar-refractivity contribution < 1.29 is 9.53 Å². The lowest BCUT2D eigenvalue weighted by Gasteiger charge is -2.16. The van der Waals surface area contributed by atoms with Gasteiger partial charge in [0.15, 0.2) is 6.10 Å². The Morgan fingerprint density at radius 3 is 2.71 bits per heavy atom. The average Bonchev–Trinajstić information content (AvgIpc) is 2.41. The zero-order valence-electron chi connectivity index (χ0n) is 11.7. The Morgan fingerprint density at radius 1 is 1.29 bits per heavy atom. The molecule has 0 fully saturated rings. The predicted octanol–water partition coefficient (Wildman–Crippen LogP) is 4.82. The quantitative estimate of drug-likeness (QED) is 0.840. The average molecular weight is 369 g/mol. The minimum absolute atomic E-state index is 0.206. The Kier molecular flexibility index (Phi) is 5.26. The molecule has 5 heteroatoms. The van der Waals surface area contributed by atoms with Gasteiger partial charge in [-0.3, -0.25) is 4.79 Å².